The van der Waals surface area contributed by atoms with E-state index in [9.17, 15) is 28.1 Å². The van der Waals surface area contributed by atoms with Crippen LogP contribution >= 0.6 is 0 Å². The molecule has 0 bridgehead atoms. The van der Waals surface area contributed by atoms with Gasteiger partial charge in [-0.1, -0.05) is 11.6 Å². The molecule has 4 rings (SSSR count). The minimum absolute atomic E-state index is 0.158. The predicted molar refractivity (Wildman–Crippen MR) is 103 cm³/mol. The van der Waals surface area contributed by atoms with Crippen LogP contribution < -0.4 is 10.3 Å². The number of hydrogen-bond donors (Lipinski definition) is 0. The van der Waals surface area contributed by atoms with E-state index in [-0.39, 0.29) is 17.2 Å². The Bertz CT molecular complexity index is 1410. The molecule has 0 N–H and O–H groups in total. The number of alkyl halides is 3. The van der Waals surface area contributed by atoms with E-state index in [1.54, 1.807) is 18.2 Å². The van der Waals surface area contributed by atoms with Crippen LogP contribution in [0.1, 0.15) is 17.0 Å². The lowest BCUT2D eigenvalue weighted by Crippen LogP contribution is -2.20. The summed E-state index contributed by atoms with van der Waals surface area (Å²) in [6.45, 7) is 1.41. The lowest BCUT2D eigenvalue weighted by Gasteiger charge is -2.14. The number of aromatic nitrogens is 4. The standard InChI is InChI=1S/C19H14F3N5O4/c1-10-3-5-14-12(7-10)17(28)25(2)18-24-23-16(26(14)18)9-31-15-6-4-11(27(29)30)8-13(15)19(20,21)22/h3-8H,9H2,1-2H3. The summed E-state index contributed by atoms with van der Waals surface area (Å²) in [4.78, 5) is 22.5. The highest BCUT2D eigenvalue weighted by Gasteiger charge is 2.36. The normalized spacial score (nSPS) is 11.9. The average Bonchev–Trinajstić information content (AvgIpc) is 3.13. The number of benzene rings is 2. The molecule has 12 heteroatoms. The first-order valence-corrected chi connectivity index (χ1v) is 8.89. The molecule has 0 atom stereocenters. The van der Waals surface area contributed by atoms with E-state index in [0.29, 0.717) is 17.0 Å². The van der Waals surface area contributed by atoms with Gasteiger partial charge >= 0.3 is 6.18 Å². The van der Waals surface area contributed by atoms with Gasteiger partial charge in [0.05, 0.1) is 15.8 Å². The second kappa shape index (κ2) is 7.07. The van der Waals surface area contributed by atoms with Gasteiger partial charge in [0, 0.05) is 19.2 Å². The average molecular weight is 433 g/mol. The molecule has 9 nitrogen and oxygen atoms in total. The number of fused-ring (bicyclic) bond motifs is 3. The molecule has 4 aromatic rings. The van der Waals surface area contributed by atoms with E-state index in [0.717, 1.165) is 17.7 Å². The molecule has 0 radical (unpaired) electrons. The van der Waals surface area contributed by atoms with Gasteiger partial charge in [0.2, 0.25) is 5.78 Å². The van der Waals surface area contributed by atoms with E-state index < -0.39 is 34.7 Å². The van der Waals surface area contributed by atoms with Crippen molar-refractivity contribution in [2.24, 2.45) is 7.05 Å². The molecule has 160 valence electrons. The van der Waals surface area contributed by atoms with Gasteiger partial charge in [-0.05, 0) is 25.1 Å². The second-order valence-corrected chi connectivity index (χ2v) is 6.86. The molecule has 0 saturated carbocycles. The molecular formula is C19H14F3N5O4. The van der Waals surface area contributed by atoms with Gasteiger partial charge in [0.15, 0.2) is 5.82 Å². The van der Waals surface area contributed by atoms with Gasteiger partial charge in [-0.3, -0.25) is 23.9 Å². The summed E-state index contributed by atoms with van der Waals surface area (Å²) >= 11 is 0. The number of halogens is 3. The first kappa shape index (κ1) is 20.3. The highest BCUT2D eigenvalue weighted by atomic mass is 19.4. The number of nitro groups is 1. The summed E-state index contributed by atoms with van der Waals surface area (Å²) in [5, 5.41) is 19.1. The maximum atomic E-state index is 13.4. The van der Waals surface area contributed by atoms with Crippen LogP contribution in [0.3, 0.4) is 0 Å². The molecule has 0 unspecified atom stereocenters. The Morgan fingerprint density at radius 1 is 1.16 bits per heavy atom. The molecule has 0 amide bonds. The smallest absolute Gasteiger partial charge is 0.420 e. The van der Waals surface area contributed by atoms with E-state index in [2.05, 4.69) is 10.2 Å². The van der Waals surface area contributed by atoms with Crippen molar-refractivity contribution in [2.75, 3.05) is 0 Å². The number of nitrogens with zero attached hydrogens (tertiary/aromatic N) is 5. The Morgan fingerprint density at radius 3 is 2.58 bits per heavy atom. The van der Waals surface area contributed by atoms with Crippen LogP contribution in [0.5, 0.6) is 5.75 Å². The number of aryl methyl sites for hydroxylation is 2. The number of nitro benzene ring substituents is 1. The molecule has 2 heterocycles. The molecule has 0 fully saturated rings. The van der Waals surface area contributed by atoms with Crippen molar-refractivity contribution in [3.8, 4) is 5.75 Å². The lowest BCUT2D eigenvalue weighted by molar-refractivity contribution is -0.385. The van der Waals surface area contributed by atoms with Crippen LogP contribution in [0.2, 0.25) is 0 Å². The summed E-state index contributed by atoms with van der Waals surface area (Å²) in [6, 6.07) is 7.40. The molecule has 0 aliphatic carbocycles. The predicted octanol–water partition coefficient (Wildman–Crippen LogP) is 3.40. The molecule has 0 aliphatic rings. The van der Waals surface area contributed by atoms with Crippen molar-refractivity contribution in [1.82, 2.24) is 19.2 Å². The maximum absolute atomic E-state index is 13.4. The van der Waals surface area contributed by atoms with Gasteiger partial charge < -0.3 is 4.74 Å². The summed E-state index contributed by atoms with van der Waals surface area (Å²) in [5.41, 5.74) is -0.935. The van der Waals surface area contributed by atoms with Gasteiger partial charge in [0.25, 0.3) is 11.2 Å². The SMILES string of the molecule is Cc1ccc2c(c1)c(=O)n(C)c1nnc(COc3ccc([N+](=O)[O-])cc3C(F)(F)F)n21. The Balaban J connectivity index is 1.80. The van der Waals surface area contributed by atoms with Gasteiger partial charge in [0.1, 0.15) is 17.9 Å². The molecule has 31 heavy (non-hydrogen) atoms. The van der Waals surface area contributed by atoms with Crippen LogP contribution in [0.4, 0.5) is 18.9 Å². The van der Waals surface area contributed by atoms with Crippen LogP contribution in [0.25, 0.3) is 16.7 Å². The summed E-state index contributed by atoms with van der Waals surface area (Å²) in [5.74, 6) is -0.231. The Kier molecular flexibility index (Phi) is 4.64. The third-order valence-corrected chi connectivity index (χ3v) is 4.78. The maximum Gasteiger partial charge on any atom is 0.420 e. The highest BCUT2D eigenvalue weighted by Crippen LogP contribution is 2.38. The molecule has 2 aromatic heterocycles. The van der Waals surface area contributed by atoms with Crippen LogP contribution in [0, 0.1) is 17.0 Å². The topological polar surface area (TPSA) is 105 Å². The Hall–Kier alpha value is -3.96. The molecule has 0 spiro atoms. The largest absolute Gasteiger partial charge is 0.485 e. The van der Waals surface area contributed by atoms with Gasteiger partial charge in [-0.2, -0.15) is 13.2 Å². The number of hydrogen-bond acceptors (Lipinski definition) is 6. The van der Waals surface area contributed by atoms with Crippen molar-refractivity contribution < 1.29 is 22.8 Å². The molecule has 2 aromatic carbocycles. The van der Waals surface area contributed by atoms with Crippen molar-refractivity contribution in [1.29, 1.82) is 0 Å². The number of ether oxygens (including phenoxy) is 1. The number of rotatable bonds is 4. The fourth-order valence-electron chi connectivity index (χ4n) is 3.27. The molecule has 0 saturated heterocycles. The Labute approximate surface area is 171 Å². The highest BCUT2D eigenvalue weighted by molar-refractivity contribution is 5.81. The monoisotopic (exact) mass is 433 g/mol. The third-order valence-electron chi connectivity index (χ3n) is 4.78. The van der Waals surface area contributed by atoms with Crippen molar-refractivity contribution in [2.45, 2.75) is 19.7 Å². The summed E-state index contributed by atoms with van der Waals surface area (Å²) in [7, 11) is 1.51. The molecular weight excluding hydrogens is 419 g/mol. The zero-order valence-corrected chi connectivity index (χ0v) is 16.2. The van der Waals surface area contributed by atoms with Gasteiger partial charge in [-0.15, -0.1) is 10.2 Å². The van der Waals surface area contributed by atoms with Crippen LogP contribution in [-0.4, -0.2) is 24.1 Å². The van der Waals surface area contributed by atoms with E-state index in [1.165, 1.54) is 16.0 Å². The van der Waals surface area contributed by atoms with Crippen molar-refractivity contribution in [3.63, 3.8) is 0 Å². The first-order chi connectivity index (χ1) is 14.6. The van der Waals surface area contributed by atoms with Crippen LogP contribution in [0.15, 0.2) is 41.2 Å². The number of non-ortho nitro benzene ring substituents is 1. The van der Waals surface area contributed by atoms with E-state index in [4.69, 9.17) is 4.74 Å². The third kappa shape index (κ3) is 3.45. The second-order valence-electron chi connectivity index (χ2n) is 6.86. The van der Waals surface area contributed by atoms with E-state index in [1.807, 2.05) is 6.92 Å². The summed E-state index contributed by atoms with van der Waals surface area (Å²) in [6.07, 6.45) is -4.86. The zero-order chi connectivity index (χ0) is 22.5. The van der Waals surface area contributed by atoms with Crippen molar-refractivity contribution in [3.05, 3.63) is 73.8 Å². The molecule has 0 aliphatic heterocycles. The Morgan fingerprint density at radius 2 is 1.90 bits per heavy atom. The minimum atomic E-state index is -4.86. The first-order valence-electron chi connectivity index (χ1n) is 8.89. The van der Waals surface area contributed by atoms with Gasteiger partial charge in [-0.25, -0.2) is 0 Å². The fraction of sp³-hybridized carbons (Fsp3) is 0.211. The van der Waals surface area contributed by atoms with Crippen LogP contribution in [-0.2, 0) is 19.8 Å². The fourth-order valence-corrected chi connectivity index (χ4v) is 3.27. The zero-order valence-electron chi connectivity index (χ0n) is 16.2. The van der Waals surface area contributed by atoms with Crippen molar-refractivity contribution >= 4 is 22.4 Å². The minimum Gasteiger partial charge on any atom is -0.485 e. The summed E-state index contributed by atoms with van der Waals surface area (Å²) < 4.78 is 48.3. The van der Waals surface area contributed by atoms with E-state index >= 15 is 0 Å². The lowest BCUT2D eigenvalue weighted by atomic mass is 10.1. The quantitative estimate of drug-likeness (QED) is 0.361.